The minimum absolute atomic E-state index is 0.00598. The van der Waals surface area contributed by atoms with Crippen LogP contribution in [0.5, 0.6) is 0 Å². The van der Waals surface area contributed by atoms with Gasteiger partial charge < -0.3 is 23.8 Å². The van der Waals surface area contributed by atoms with Crippen molar-refractivity contribution >= 4 is 17.9 Å². The van der Waals surface area contributed by atoms with Gasteiger partial charge in [-0.1, -0.05) is 156 Å². The lowest BCUT2D eigenvalue weighted by molar-refractivity contribution is -0.174. The van der Waals surface area contributed by atoms with Gasteiger partial charge in [-0.2, -0.15) is 0 Å². The van der Waals surface area contributed by atoms with E-state index in [2.05, 4.69) is 39.6 Å². The smallest absolute Gasteiger partial charge is 0.309 e. The molecule has 2 aliphatic heterocycles. The summed E-state index contributed by atoms with van der Waals surface area (Å²) in [6, 6.07) is 0. The second-order valence-electron chi connectivity index (χ2n) is 16.2. The minimum atomic E-state index is -0.792. The zero-order valence-corrected chi connectivity index (χ0v) is 34.5. The van der Waals surface area contributed by atoms with Gasteiger partial charge in [0.25, 0.3) is 0 Å². The number of nitrogens with zero attached hydrogens (tertiary/aromatic N) is 1. The largest absolute Gasteiger partial charge is 0.463 e. The number of likely N-dealkylation sites (tertiary alicyclic amines) is 1. The number of piperidine rings is 1. The first-order valence-electron chi connectivity index (χ1n) is 22.2. The molecule has 0 aromatic carbocycles. The van der Waals surface area contributed by atoms with Crippen molar-refractivity contribution in [2.45, 2.75) is 213 Å². The number of hydrogen-bond acceptors (Lipinski definition) is 8. The van der Waals surface area contributed by atoms with Crippen LogP contribution in [0.4, 0.5) is 0 Å². The van der Waals surface area contributed by atoms with Gasteiger partial charge in [0.1, 0.15) is 12.7 Å². The van der Waals surface area contributed by atoms with Crippen LogP contribution in [0.1, 0.15) is 195 Å². The van der Waals surface area contributed by atoms with E-state index in [1.807, 2.05) is 0 Å². The van der Waals surface area contributed by atoms with Crippen LogP contribution in [0, 0.1) is 17.8 Å². The van der Waals surface area contributed by atoms with E-state index in [0.717, 1.165) is 122 Å². The van der Waals surface area contributed by atoms with Gasteiger partial charge in [0.05, 0.1) is 24.4 Å². The molecule has 0 saturated carbocycles. The van der Waals surface area contributed by atoms with E-state index >= 15 is 0 Å². The summed E-state index contributed by atoms with van der Waals surface area (Å²) < 4.78 is 24.6. The molecular formula is C44H81NO7. The molecule has 5 atom stereocenters. The second-order valence-corrected chi connectivity index (χ2v) is 16.2. The lowest BCUT2D eigenvalue weighted by Gasteiger charge is -2.29. The molecule has 2 saturated heterocycles. The van der Waals surface area contributed by atoms with Crippen LogP contribution >= 0.6 is 0 Å². The van der Waals surface area contributed by atoms with Gasteiger partial charge in [0, 0.05) is 0 Å². The van der Waals surface area contributed by atoms with Gasteiger partial charge in [0.15, 0.2) is 12.2 Å². The first-order chi connectivity index (χ1) is 25.3. The number of unbranched alkanes of at least 4 members (excludes halogenated alkanes) is 16. The van der Waals surface area contributed by atoms with Crippen molar-refractivity contribution in [2.75, 3.05) is 33.4 Å². The summed E-state index contributed by atoms with van der Waals surface area (Å²) in [5, 5.41) is 0. The highest BCUT2D eigenvalue weighted by atomic mass is 16.6. The van der Waals surface area contributed by atoms with Crippen LogP contribution in [-0.4, -0.2) is 74.5 Å². The Morgan fingerprint density at radius 2 is 1.00 bits per heavy atom. The Hall–Kier alpha value is -1.67. The summed E-state index contributed by atoms with van der Waals surface area (Å²) in [5.74, 6) is -1.14. The van der Waals surface area contributed by atoms with Gasteiger partial charge in [-0.15, -0.1) is 0 Å². The average Bonchev–Trinajstić information content (AvgIpc) is 3.51. The standard InChI is InChI=1S/C44H81NO7/c1-6-10-14-18-20-24-28-36(26-22-16-12-8-3)43(47)51-40-35-49-39(34-50-42(46)38-30-32-45(5)33-31-38)41(40)52-44(48)37(27-23-17-13-9-4)29-25-21-19-15-11-7-2/h36-41H,6-35H2,1-5H3/t36?,37?,39-,40+,41+/m1/s1. The predicted molar refractivity (Wildman–Crippen MR) is 211 cm³/mol. The van der Waals surface area contributed by atoms with E-state index in [1.54, 1.807) is 0 Å². The number of hydrogen-bond donors (Lipinski definition) is 0. The Labute approximate surface area is 319 Å². The molecule has 2 rings (SSSR count). The normalized spacial score (nSPS) is 20.8. The Morgan fingerprint density at radius 1 is 0.596 bits per heavy atom. The van der Waals surface area contributed by atoms with Crippen LogP contribution in [0.3, 0.4) is 0 Å². The highest BCUT2D eigenvalue weighted by Gasteiger charge is 2.45. The van der Waals surface area contributed by atoms with Gasteiger partial charge in [-0.25, -0.2) is 0 Å². The van der Waals surface area contributed by atoms with E-state index in [9.17, 15) is 14.4 Å². The average molecular weight is 736 g/mol. The highest BCUT2D eigenvalue weighted by Crippen LogP contribution is 2.29. The second kappa shape index (κ2) is 29.7. The molecule has 0 N–H and O–H groups in total. The van der Waals surface area contributed by atoms with E-state index in [-0.39, 0.29) is 48.9 Å². The molecule has 0 aliphatic carbocycles. The summed E-state index contributed by atoms with van der Waals surface area (Å²) >= 11 is 0. The van der Waals surface area contributed by atoms with E-state index in [4.69, 9.17) is 18.9 Å². The summed E-state index contributed by atoms with van der Waals surface area (Å²) in [5.41, 5.74) is 0. The quantitative estimate of drug-likeness (QED) is 0.0395. The molecule has 8 nitrogen and oxygen atoms in total. The molecule has 0 amide bonds. The first kappa shape index (κ1) is 46.5. The molecule has 2 heterocycles. The zero-order chi connectivity index (χ0) is 37.8. The Bertz CT molecular complexity index is 920. The van der Waals surface area contributed by atoms with Crippen LogP contribution in [-0.2, 0) is 33.3 Å². The van der Waals surface area contributed by atoms with Crippen LogP contribution < -0.4 is 0 Å². The van der Waals surface area contributed by atoms with Crippen molar-refractivity contribution in [2.24, 2.45) is 17.8 Å². The van der Waals surface area contributed by atoms with Gasteiger partial charge in [-0.05, 0) is 58.7 Å². The highest BCUT2D eigenvalue weighted by molar-refractivity contribution is 5.74. The van der Waals surface area contributed by atoms with E-state index in [0.29, 0.717) is 0 Å². The predicted octanol–water partition coefficient (Wildman–Crippen LogP) is 10.8. The topological polar surface area (TPSA) is 91.4 Å². The summed E-state index contributed by atoms with van der Waals surface area (Å²) in [7, 11) is 2.07. The zero-order valence-electron chi connectivity index (χ0n) is 34.5. The third-order valence-electron chi connectivity index (χ3n) is 11.5. The van der Waals surface area contributed by atoms with E-state index in [1.165, 1.54) is 57.8 Å². The first-order valence-corrected chi connectivity index (χ1v) is 22.2. The summed E-state index contributed by atoms with van der Waals surface area (Å²) in [6.45, 7) is 10.7. The lowest BCUT2D eigenvalue weighted by Crippen LogP contribution is -2.43. The molecule has 0 aromatic heterocycles. The van der Waals surface area contributed by atoms with Crippen LogP contribution in [0.25, 0.3) is 0 Å². The molecule has 8 heteroatoms. The third-order valence-corrected chi connectivity index (χ3v) is 11.5. The van der Waals surface area contributed by atoms with Crippen LogP contribution in [0.15, 0.2) is 0 Å². The number of rotatable bonds is 31. The van der Waals surface area contributed by atoms with Crippen LogP contribution in [0.2, 0.25) is 0 Å². The van der Waals surface area contributed by atoms with Gasteiger partial charge in [-0.3, -0.25) is 14.4 Å². The molecule has 0 radical (unpaired) electrons. The fourth-order valence-electron chi connectivity index (χ4n) is 7.78. The number of carbonyl (C=O) groups excluding carboxylic acids is 3. The molecule has 52 heavy (non-hydrogen) atoms. The molecule has 2 unspecified atom stereocenters. The third kappa shape index (κ3) is 19.6. The molecule has 0 bridgehead atoms. The Balaban J connectivity index is 2.15. The minimum Gasteiger partial charge on any atom is -0.463 e. The molecule has 2 fully saturated rings. The molecule has 0 spiro atoms. The van der Waals surface area contributed by atoms with Crippen molar-refractivity contribution in [3.8, 4) is 0 Å². The van der Waals surface area contributed by atoms with Gasteiger partial charge >= 0.3 is 17.9 Å². The number of carbonyl (C=O) groups is 3. The SMILES string of the molecule is CCCCCCCCC(CCCCCC)C(=O)O[C@@H]1[C@@H](OC(=O)C(CCCCCC)CCCCCCCC)CO[C@@H]1COC(=O)C1CCN(C)CC1. The Kier molecular flexibility index (Phi) is 26.5. The fraction of sp³-hybridized carbons (Fsp3) is 0.932. The van der Waals surface area contributed by atoms with Crippen molar-refractivity contribution < 1.29 is 33.3 Å². The van der Waals surface area contributed by atoms with E-state index < -0.39 is 18.3 Å². The van der Waals surface area contributed by atoms with Crippen molar-refractivity contribution in [3.63, 3.8) is 0 Å². The van der Waals surface area contributed by atoms with Gasteiger partial charge in [0.2, 0.25) is 0 Å². The summed E-state index contributed by atoms with van der Waals surface area (Å²) in [6.07, 6.45) is 25.6. The maximum absolute atomic E-state index is 14.0. The molecular weight excluding hydrogens is 654 g/mol. The lowest BCUT2D eigenvalue weighted by atomic mass is 9.94. The van der Waals surface area contributed by atoms with Crippen molar-refractivity contribution in [1.82, 2.24) is 4.90 Å². The molecule has 2 aliphatic rings. The molecule has 304 valence electrons. The number of esters is 3. The fourth-order valence-corrected chi connectivity index (χ4v) is 7.78. The summed E-state index contributed by atoms with van der Waals surface area (Å²) in [4.78, 5) is 43.1. The monoisotopic (exact) mass is 736 g/mol. The van der Waals surface area contributed by atoms with Crippen molar-refractivity contribution in [3.05, 3.63) is 0 Å². The maximum Gasteiger partial charge on any atom is 0.309 e. The van der Waals surface area contributed by atoms with Crippen molar-refractivity contribution in [1.29, 1.82) is 0 Å². The number of ether oxygens (including phenoxy) is 4. The molecule has 0 aromatic rings. The maximum atomic E-state index is 14.0. The Morgan fingerprint density at radius 3 is 1.46 bits per heavy atom.